The van der Waals surface area contributed by atoms with Gasteiger partial charge in [0.25, 0.3) is 0 Å². The van der Waals surface area contributed by atoms with Gasteiger partial charge in [0, 0.05) is 23.8 Å². The van der Waals surface area contributed by atoms with Gasteiger partial charge in [0.05, 0.1) is 11.8 Å². The molecule has 3 aliphatic rings. The molecule has 0 radical (unpaired) electrons. The van der Waals surface area contributed by atoms with Gasteiger partial charge in [0.15, 0.2) is 0 Å². The van der Waals surface area contributed by atoms with Gasteiger partial charge in [-0.05, 0) is 42.0 Å². The second-order valence-corrected chi connectivity index (χ2v) is 10.0. The molecule has 3 aliphatic heterocycles. The van der Waals surface area contributed by atoms with Crippen LogP contribution < -0.4 is 10.6 Å². The van der Waals surface area contributed by atoms with Crippen molar-refractivity contribution in [1.29, 1.82) is 0 Å². The highest BCUT2D eigenvalue weighted by Gasteiger charge is 2.70. The Morgan fingerprint density at radius 3 is 2.22 bits per heavy atom. The van der Waals surface area contributed by atoms with Crippen molar-refractivity contribution >= 4 is 23.4 Å². The number of carbonyl (C=O) groups is 3. The number of rotatable bonds is 6. The van der Waals surface area contributed by atoms with E-state index >= 15 is 0 Å². The third-order valence-corrected chi connectivity index (χ3v) is 8.04. The van der Waals surface area contributed by atoms with Crippen LogP contribution in [0.15, 0.2) is 78.9 Å². The second-order valence-electron chi connectivity index (χ2n) is 10.0. The SMILES string of the molecule is CCc1ccc2c(c1)[C@]1(N[C@@H](Cc3ccccc3)[C@H]3C(=O)N(CCc4ccccc4)C(=O)[C@@H]31)C(=O)N2. The molecule has 0 aromatic heterocycles. The molecule has 3 amide bonds. The average Bonchev–Trinajstić information content (AvgIpc) is 3.48. The zero-order valence-corrected chi connectivity index (χ0v) is 20.2. The molecule has 2 fully saturated rings. The maximum atomic E-state index is 14.0. The topological polar surface area (TPSA) is 78.5 Å². The monoisotopic (exact) mass is 479 g/mol. The van der Waals surface area contributed by atoms with Crippen LogP contribution in [0.25, 0.3) is 0 Å². The number of nitrogens with one attached hydrogen (secondary N) is 2. The van der Waals surface area contributed by atoms with Crippen molar-refractivity contribution in [2.45, 2.75) is 37.8 Å². The number of imide groups is 1. The van der Waals surface area contributed by atoms with Crippen LogP contribution in [0, 0.1) is 11.8 Å². The number of aryl methyl sites for hydroxylation is 1. The Balaban J connectivity index is 1.41. The first-order valence-electron chi connectivity index (χ1n) is 12.7. The highest BCUT2D eigenvalue weighted by Crippen LogP contribution is 2.53. The normalized spacial score (nSPS) is 26.4. The predicted molar refractivity (Wildman–Crippen MR) is 137 cm³/mol. The van der Waals surface area contributed by atoms with Crippen molar-refractivity contribution in [2.75, 3.05) is 11.9 Å². The number of hydrogen-bond donors (Lipinski definition) is 2. The Kier molecular flexibility index (Phi) is 5.49. The first kappa shape index (κ1) is 22.7. The van der Waals surface area contributed by atoms with E-state index in [1.54, 1.807) is 0 Å². The summed E-state index contributed by atoms with van der Waals surface area (Å²) in [5.74, 6) is -2.06. The van der Waals surface area contributed by atoms with Crippen molar-refractivity contribution in [3.05, 3.63) is 101 Å². The minimum atomic E-state index is -1.25. The lowest BCUT2D eigenvalue weighted by Gasteiger charge is -2.30. The van der Waals surface area contributed by atoms with Gasteiger partial charge in [-0.3, -0.25) is 24.6 Å². The van der Waals surface area contributed by atoms with Gasteiger partial charge in [-0.15, -0.1) is 0 Å². The van der Waals surface area contributed by atoms with E-state index in [0.29, 0.717) is 25.1 Å². The molecule has 0 bridgehead atoms. The lowest BCUT2D eigenvalue weighted by Crippen LogP contribution is -2.53. The molecule has 36 heavy (non-hydrogen) atoms. The zero-order chi connectivity index (χ0) is 24.9. The fourth-order valence-corrected chi connectivity index (χ4v) is 6.28. The molecule has 6 nitrogen and oxygen atoms in total. The Bertz CT molecular complexity index is 1340. The third-order valence-electron chi connectivity index (χ3n) is 8.04. The van der Waals surface area contributed by atoms with Crippen molar-refractivity contribution in [2.24, 2.45) is 11.8 Å². The Hall–Kier alpha value is -3.77. The summed E-state index contributed by atoms with van der Waals surface area (Å²) in [4.78, 5) is 42.9. The predicted octanol–water partition coefficient (Wildman–Crippen LogP) is 3.45. The number of anilines is 1. The molecule has 0 saturated carbocycles. The maximum Gasteiger partial charge on any atom is 0.250 e. The summed E-state index contributed by atoms with van der Waals surface area (Å²) in [6, 6.07) is 25.4. The van der Waals surface area contributed by atoms with Crippen LogP contribution in [0.1, 0.15) is 29.2 Å². The average molecular weight is 480 g/mol. The van der Waals surface area contributed by atoms with Gasteiger partial charge in [0.1, 0.15) is 5.54 Å². The molecule has 3 aromatic carbocycles. The smallest absolute Gasteiger partial charge is 0.250 e. The van der Waals surface area contributed by atoms with E-state index in [2.05, 4.69) is 17.6 Å². The van der Waals surface area contributed by atoms with E-state index in [1.165, 1.54) is 4.90 Å². The fourth-order valence-electron chi connectivity index (χ4n) is 6.28. The summed E-state index contributed by atoms with van der Waals surface area (Å²) in [5.41, 5.74) is 3.47. The maximum absolute atomic E-state index is 14.0. The fraction of sp³-hybridized carbons (Fsp3) is 0.300. The molecule has 0 unspecified atom stereocenters. The minimum absolute atomic E-state index is 0.181. The summed E-state index contributed by atoms with van der Waals surface area (Å²) in [6.45, 7) is 2.38. The van der Waals surface area contributed by atoms with Gasteiger partial charge in [-0.25, -0.2) is 0 Å². The van der Waals surface area contributed by atoms with E-state index in [9.17, 15) is 14.4 Å². The number of amides is 3. The van der Waals surface area contributed by atoms with Crippen LogP contribution in [0.5, 0.6) is 0 Å². The largest absolute Gasteiger partial charge is 0.324 e. The summed E-state index contributed by atoms with van der Waals surface area (Å²) < 4.78 is 0. The van der Waals surface area contributed by atoms with Crippen molar-refractivity contribution < 1.29 is 14.4 Å². The standard InChI is InChI=1S/C30H29N3O3/c1-2-19-13-14-23-22(17-19)30(29(36)31-23)26-25(24(32-30)18-21-11-7-4-8-12-21)27(34)33(28(26)35)16-15-20-9-5-3-6-10-20/h3-14,17,24-26,32H,2,15-16,18H2,1H3,(H,31,36)/t24-,25+,26+,30+/m0/s1. The molecule has 6 rings (SSSR count). The highest BCUT2D eigenvalue weighted by molar-refractivity contribution is 6.15. The Morgan fingerprint density at radius 1 is 0.833 bits per heavy atom. The second kappa shape index (κ2) is 8.71. The van der Waals surface area contributed by atoms with Crippen LogP contribution in [0.3, 0.4) is 0 Å². The molecule has 182 valence electrons. The van der Waals surface area contributed by atoms with E-state index in [4.69, 9.17) is 0 Å². The number of carbonyl (C=O) groups excluding carboxylic acids is 3. The molecule has 0 aliphatic carbocycles. The minimum Gasteiger partial charge on any atom is -0.324 e. The van der Waals surface area contributed by atoms with Crippen LogP contribution in [0.2, 0.25) is 0 Å². The molecule has 2 N–H and O–H groups in total. The number of likely N-dealkylation sites (tertiary alicyclic amines) is 1. The molecule has 3 heterocycles. The van der Waals surface area contributed by atoms with Crippen molar-refractivity contribution in [1.82, 2.24) is 10.2 Å². The van der Waals surface area contributed by atoms with E-state index in [1.807, 2.05) is 78.9 Å². The van der Waals surface area contributed by atoms with Crippen molar-refractivity contribution in [3.8, 4) is 0 Å². The van der Waals surface area contributed by atoms with Crippen LogP contribution in [-0.4, -0.2) is 35.2 Å². The summed E-state index contributed by atoms with van der Waals surface area (Å²) in [7, 11) is 0. The molecule has 1 spiro atoms. The molecular weight excluding hydrogens is 450 g/mol. The highest BCUT2D eigenvalue weighted by atomic mass is 16.2. The molecule has 6 heteroatoms. The zero-order valence-electron chi connectivity index (χ0n) is 20.2. The lowest BCUT2D eigenvalue weighted by molar-refractivity contribution is -0.142. The van der Waals surface area contributed by atoms with E-state index < -0.39 is 17.4 Å². The van der Waals surface area contributed by atoms with E-state index in [0.717, 1.165) is 28.7 Å². The third kappa shape index (κ3) is 3.39. The van der Waals surface area contributed by atoms with Crippen LogP contribution in [0.4, 0.5) is 5.69 Å². The number of nitrogens with zero attached hydrogens (tertiary/aromatic N) is 1. The molecular formula is C30H29N3O3. The van der Waals surface area contributed by atoms with Crippen LogP contribution >= 0.6 is 0 Å². The summed E-state index contributed by atoms with van der Waals surface area (Å²) in [6.07, 6.45) is 1.96. The number of hydrogen-bond acceptors (Lipinski definition) is 4. The molecule has 2 saturated heterocycles. The Labute approximate surface area is 210 Å². The van der Waals surface area contributed by atoms with Crippen molar-refractivity contribution in [3.63, 3.8) is 0 Å². The first-order chi connectivity index (χ1) is 17.5. The number of benzene rings is 3. The van der Waals surface area contributed by atoms with Crippen LogP contribution in [-0.2, 0) is 39.2 Å². The summed E-state index contributed by atoms with van der Waals surface area (Å²) >= 11 is 0. The summed E-state index contributed by atoms with van der Waals surface area (Å²) in [5, 5.41) is 6.55. The van der Waals surface area contributed by atoms with Gasteiger partial charge in [-0.2, -0.15) is 0 Å². The van der Waals surface area contributed by atoms with Gasteiger partial charge < -0.3 is 5.32 Å². The Morgan fingerprint density at radius 2 is 1.53 bits per heavy atom. The number of fused-ring (bicyclic) bond motifs is 4. The quantitative estimate of drug-likeness (QED) is 0.531. The molecule has 3 aromatic rings. The first-order valence-corrected chi connectivity index (χ1v) is 12.7. The van der Waals surface area contributed by atoms with E-state index in [-0.39, 0.29) is 23.8 Å². The van der Waals surface area contributed by atoms with Gasteiger partial charge in [0.2, 0.25) is 17.7 Å². The van der Waals surface area contributed by atoms with Gasteiger partial charge >= 0.3 is 0 Å². The van der Waals surface area contributed by atoms with Gasteiger partial charge in [-0.1, -0.05) is 79.7 Å². The molecule has 4 atom stereocenters. The lowest BCUT2D eigenvalue weighted by atomic mass is 9.76.